The van der Waals surface area contributed by atoms with E-state index in [4.69, 9.17) is 21.1 Å². The zero-order valence-electron chi connectivity index (χ0n) is 21.0. The molecule has 6 rings (SSSR count). The highest BCUT2D eigenvalue weighted by atomic mass is 35.5. The van der Waals surface area contributed by atoms with E-state index in [-0.39, 0.29) is 34.1 Å². The first-order valence-corrected chi connectivity index (χ1v) is 12.4. The second-order valence-corrected chi connectivity index (χ2v) is 9.55. The lowest BCUT2D eigenvalue weighted by Gasteiger charge is -2.13. The maximum absolute atomic E-state index is 13.3. The molecule has 208 valence electrons. The van der Waals surface area contributed by atoms with Crippen molar-refractivity contribution in [2.45, 2.75) is 18.6 Å². The number of fused-ring (bicyclic) bond motifs is 2. The number of hydrogen-bond acceptors (Lipinski definition) is 9. The first-order valence-electron chi connectivity index (χ1n) is 12.0. The molecule has 12 nitrogen and oxygen atoms in total. The largest absolute Gasteiger partial charge is 0.450 e. The third kappa shape index (κ3) is 4.56. The zero-order chi connectivity index (χ0) is 28.2. The maximum Gasteiger partial charge on any atom is 0.417 e. The number of alkyl halides is 3. The number of aryl methyl sites for hydroxylation is 2. The van der Waals surface area contributed by atoms with Crippen molar-refractivity contribution in [3.05, 3.63) is 58.0 Å². The number of ether oxygens (including phenoxy) is 2. The molecule has 16 heteroatoms. The topological polar surface area (TPSA) is 125 Å². The average molecular weight is 576 g/mol. The summed E-state index contributed by atoms with van der Waals surface area (Å²) in [5.74, 6) is 1.17. The van der Waals surface area contributed by atoms with Gasteiger partial charge in [0.1, 0.15) is 16.2 Å². The summed E-state index contributed by atoms with van der Waals surface area (Å²) in [5.41, 5.74) is -0.857. The van der Waals surface area contributed by atoms with E-state index in [1.807, 2.05) is 0 Å². The number of nitrogens with one attached hydrogen (secondary N) is 2. The minimum atomic E-state index is -4.64. The summed E-state index contributed by atoms with van der Waals surface area (Å²) in [6, 6.07) is 0.824. The van der Waals surface area contributed by atoms with Crippen molar-refractivity contribution in [1.29, 1.82) is 0 Å². The highest BCUT2D eigenvalue weighted by Crippen LogP contribution is 2.38. The third-order valence-electron chi connectivity index (χ3n) is 6.45. The standard InChI is InChI=1S/C24H21ClF3N9O3/c1-35-10-12(24(26,27)28)7-14(22(35)38)33-23-34-21-19(36(23)2)17(25)15(8-30-21)40-16-9-31-37-5-4-29-20(18(16)37)32-13-3-6-39-11-13/h4-5,7-10,13H,3,6,11H2,1-2H3,(H,29,32)(H,30,33,34). The number of imidazole rings is 1. The minimum Gasteiger partial charge on any atom is -0.450 e. The summed E-state index contributed by atoms with van der Waals surface area (Å²) in [6.07, 6.45) is 3.12. The molecule has 5 aromatic rings. The SMILES string of the molecule is Cn1cc(C(F)(F)F)cc(Nc2nc3ncc(Oc4cnn5ccnc(NC6CCOC6)c45)c(Cl)c3n2C)c1=O. The molecule has 1 unspecified atom stereocenters. The Balaban J connectivity index is 1.35. The van der Waals surface area contributed by atoms with Crippen molar-refractivity contribution in [1.82, 2.24) is 33.7 Å². The molecule has 1 atom stereocenters. The van der Waals surface area contributed by atoms with E-state index < -0.39 is 17.3 Å². The van der Waals surface area contributed by atoms with Crippen LogP contribution in [0.25, 0.3) is 16.7 Å². The van der Waals surface area contributed by atoms with E-state index in [0.717, 1.165) is 23.3 Å². The average Bonchev–Trinajstić information content (AvgIpc) is 3.64. The van der Waals surface area contributed by atoms with Gasteiger partial charge in [-0.15, -0.1) is 0 Å². The first kappa shape index (κ1) is 25.9. The molecular formula is C24H21ClF3N9O3. The van der Waals surface area contributed by atoms with E-state index in [9.17, 15) is 18.0 Å². The fourth-order valence-corrected chi connectivity index (χ4v) is 4.73. The van der Waals surface area contributed by atoms with Gasteiger partial charge in [0.2, 0.25) is 5.95 Å². The normalized spacial score (nSPS) is 15.7. The quantitative estimate of drug-likeness (QED) is 0.307. The molecular weight excluding hydrogens is 555 g/mol. The van der Waals surface area contributed by atoms with Crippen LogP contribution in [0.1, 0.15) is 12.0 Å². The number of pyridine rings is 2. The van der Waals surface area contributed by atoms with Crippen molar-refractivity contribution >= 4 is 45.7 Å². The van der Waals surface area contributed by atoms with E-state index in [0.29, 0.717) is 35.8 Å². The Bertz CT molecular complexity index is 1810. The van der Waals surface area contributed by atoms with Crippen LogP contribution in [0.4, 0.5) is 30.6 Å². The predicted octanol–water partition coefficient (Wildman–Crippen LogP) is 4.12. The molecule has 1 saturated heterocycles. The van der Waals surface area contributed by atoms with Crippen LogP contribution in [0.3, 0.4) is 0 Å². The Labute approximate surface area is 228 Å². The Hall–Kier alpha value is -4.37. The van der Waals surface area contributed by atoms with Gasteiger partial charge in [0.25, 0.3) is 5.56 Å². The molecule has 5 aromatic heterocycles. The molecule has 40 heavy (non-hydrogen) atoms. The summed E-state index contributed by atoms with van der Waals surface area (Å²) in [6.45, 7) is 1.22. The van der Waals surface area contributed by atoms with E-state index in [1.165, 1.54) is 24.0 Å². The van der Waals surface area contributed by atoms with E-state index >= 15 is 0 Å². The second-order valence-electron chi connectivity index (χ2n) is 9.17. The van der Waals surface area contributed by atoms with Crippen LogP contribution in [-0.4, -0.2) is 53.0 Å². The van der Waals surface area contributed by atoms with Crippen LogP contribution in [-0.2, 0) is 25.0 Å². The highest BCUT2D eigenvalue weighted by molar-refractivity contribution is 6.36. The molecule has 0 saturated carbocycles. The Morgan fingerprint density at radius 3 is 2.75 bits per heavy atom. The molecule has 0 aromatic carbocycles. The van der Waals surface area contributed by atoms with Crippen molar-refractivity contribution < 1.29 is 22.6 Å². The lowest BCUT2D eigenvalue weighted by atomic mass is 10.2. The fraction of sp³-hybridized carbons (Fsp3) is 0.292. The molecule has 0 radical (unpaired) electrons. The molecule has 0 amide bonds. The van der Waals surface area contributed by atoms with Gasteiger partial charge in [-0.05, 0) is 12.5 Å². The van der Waals surface area contributed by atoms with Gasteiger partial charge in [0.05, 0.1) is 30.6 Å². The summed E-state index contributed by atoms with van der Waals surface area (Å²) in [7, 11) is 2.82. The smallest absolute Gasteiger partial charge is 0.417 e. The lowest BCUT2D eigenvalue weighted by molar-refractivity contribution is -0.138. The van der Waals surface area contributed by atoms with Crippen molar-refractivity contribution in [3.63, 3.8) is 0 Å². The zero-order valence-corrected chi connectivity index (χ0v) is 21.8. The number of nitrogens with zero attached hydrogens (tertiary/aromatic N) is 7. The Morgan fingerprint density at radius 1 is 1.18 bits per heavy atom. The number of hydrogen-bond donors (Lipinski definition) is 2. The molecule has 6 heterocycles. The van der Waals surface area contributed by atoms with E-state index in [2.05, 4.69) is 30.7 Å². The summed E-state index contributed by atoms with van der Waals surface area (Å²) < 4.78 is 55.4. The minimum absolute atomic E-state index is 0.0587. The molecule has 0 spiro atoms. The molecule has 0 bridgehead atoms. The number of halogens is 4. The summed E-state index contributed by atoms with van der Waals surface area (Å²) >= 11 is 6.71. The van der Waals surface area contributed by atoms with Gasteiger partial charge in [0, 0.05) is 39.3 Å². The summed E-state index contributed by atoms with van der Waals surface area (Å²) in [4.78, 5) is 25.6. The van der Waals surface area contributed by atoms with Crippen LogP contribution in [0.2, 0.25) is 5.02 Å². The molecule has 0 aliphatic carbocycles. The lowest BCUT2D eigenvalue weighted by Crippen LogP contribution is -2.23. The number of rotatable bonds is 6. The van der Waals surface area contributed by atoms with Crippen LogP contribution >= 0.6 is 11.6 Å². The third-order valence-corrected chi connectivity index (χ3v) is 6.82. The molecule has 2 N–H and O–H groups in total. The Morgan fingerprint density at radius 2 is 2.00 bits per heavy atom. The van der Waals surface area contributed by atoms with Gasteiger partial charge in [0.15, 0.2) is 28.5 Å². The van der Waals surface area contributed by atoms with Crippen molar-refractivity contribution in [2.75, 3.05) is 23.8 Å². The van der Waals surface area contributed by atoms with Gasteiger partial charge in [-0.2, -0.15) is 23.3 Å². The maximum atomic E-state index is 13.3. The van der Waals surface area contributed by atoms with Gasteiger partial charge < -0.3 is 29.2 Å². The van der Waals surface area contributed by atoms with Crippen LogP contribution in [0.5, 0.6) is 11.5 Å². The Kier molecular flexibility index (Phi) is 6.26. The number of aromatic nitrogens is 7. The van der Waals surface area contributed by atoms with Crippen LogP contribution in [0, 0.1) is 0 Å². The van der Waals surface area contributed by atoms with Crippen molar-refractivity contribution in [2.24, 2.45) is 14.1 Å². The van der Waals surface area contributed by atoms with Crippen LogP contribution in [0.15, 0.2) is 41.8 Å². The van der Waals surface area contributed by atoms with Crippen molar-refractivity contribution in [3.8, 4) is 11.5 Å². The van der Waals surface area contributed by atoms with Gasteiger partial charge >= 0.3 is 6.18 Å². The van der Waals surface area contributed by atoms with E-state index in [1.54, 1.807) is 24.0 Å². The summed E-state index contributed by atoms with van der Waals surface area (Å²) in [5, 5.41) is 10.5. The highest BCUT2D eigenvalue weighted by Gasteiger charge is 2.32. The second kappa shape index (κ2) is 9.67. The molecule has 1 fully saturated rings. The van der Waals surface area contributed by atoms with Gasteiger partial charge in [-0.25, -0.2) is 14.5 Å². The monoisotopic (exact) mass is 575 g/mol. The van der Waals surface area contributed by atoms with Gasteiger partial charge in [-0.1, -0.05) is 11.6 Å². The predicted molar refractivity (Wildman–Crippen MR) is 139 cm³/mol. The molecule has 1 aliphatic heterocycles. The molecule has 1 aliphatic rings. The number of anilines is 3. The van der Waals surface area contributed by atoms with Crippen LogP contribution < -0.4 is 20.9 Å². The fourth-order valence-electron chi connectivity index (χ4n) is 4.43. The van der Waals surface area contributed by atoms with Gasteiger partial charge in [-0.3, -0.25) is 4.79 Å². The first-order chi connectivity index (χ1) is 19.1.